The topological polar surface area (TPSA) is 38.9 Å². The zero-order chi connectivity index (χ0) is 41.8. The van der Waals surface area contributed by atoms with Gasteiger partial charge in [0, 0.05) is 31.7 Å². The van der Waals surface area contributed by atoms with E-state index in [4.69, 9.17) is 11.3 Å². The largest absolute Gasteiger partial charge is 0.501 e. The van der Waals surface area contributed by atoms with Crippen LogP contribution in [0.1, 0.15) is 30.8 Å². The van der Waals surface area contributed by atoms with Gasteiger partial charge in [0.25, 0.3) is 0 Å². The number of fused-ring (bicyclic) bond motifs is 5. The SMILES string of the molecule is [2H]C1([2H])CCC([2H])([2H])c2c(-c3ccccc3)c[c-]c(-c3cc[c]([Ge]([CH3])([CH3])[CH3])cn3)c21.[2H]c1c(-c2ccccc2)ccc2c1oc1c(-c3cc4ccccc4cn3)[c-]ccc12.[Ir]. The normalized spacial score (nSPS) is 15.6. The first-order chi connectivity index (χ1) is 28.8. The van der Waals surface area contributed by atoms with Crippen molar-refractivity contribution >= 4 is 50.4 Å². The van der Waals surface area contributed by atoms with Gasteiger partial charge in [-0.3, -0.25) is 0 Å². The Morgan fingerprint density at radius 2 is 1.34 bits per heavy atom. The van der Waals surface area contributed by atoms with Crippen LogP contribution in [0.3, 0.4) is 0 Å². The third-order valence-electron chi connectivity index (χ3n) is 10.2. The molecule has 0 fully saturated rings. The van der Waals surface area contributed by atoms with Crippen molar-refractivity contribution in [3.05, 3.63) is 175 Å². The van der Waals surface area contributed by atoms with Crippen LogP contribution in [0.15, 0.2) is 156 Å². The van der Waals surface area contributed by atoms with Crippen LogP contribution in [-0.2, 0) is 32.9 Å². The molecule has 3 aromatic heterocycles. The summed E-state index contributed by atoms with van der Waals surface area (Å²) in [6.45, 7) is 0. The molecule has 0 N–H and O–H groups in total. The molecule has 0 atom stereocenters. The summed E-state index contributed by atoms with van der Waals surface area (Å²) in [7, 11) is 0. The Balaban J connectivity index is 0.000000166. The molecule has 1 aliphatic carbocycles. The van der Waals surface area contributed by atoms with E-state index >= 15 is 0 Å². The van der Waals surface area contributed by atoms with Gasteiger partial charge in [0.1, 0.15) is 5.58 Å². The molecule has 0 saturated heterocycles. The molecule has 56 heavy (non-hydrogen) atoms. The van der Waals surface area contributed by atoms with E-state index in [1.54, 1.807) is 6.07 Å². The number of rotatable bonds is 5. The molecule has 1 radical (unpaired) electrons. The maximum absolute atomic E-state index is 8.77. The van der Waals surface area contributed by atoms with Crippen molar-refractivity contribution in [2.45, 2.75) is 42.9 Å². The molecular formula is C51H42GeIrN2O-2. The van der Waals surface area contributed by atoms with Crippen molar-refractivity contribution in [3.63, 3.8) is 0 Å². The molecular weight excluding hydrogens is 921 g/mol. The number of hydrogen-bond donors (Lipinski definition) is 0. The van der Waals surface area contributed by atoms with E-state index < -0.39 is 26.0 Å². The number of nitrogens with zero attached hydrogens (tertiary/aromatic N) is 2. The van der Waals surface area contributed by atoms with Crippen LogP contribution in [0.25, 0.3) is 77.5 Å². The summed E-state index contributed by atoms with van der Waals surface area (Å²) in [4.78, 5) is 9.31. The van der Waals surface area contributed by atoms with Crippen LogP contribution >= 0.6 is 0 Å². The second-order valence-corrected chi connectivity index (χ2v) is 25.5. The molecule has 0 amide bonds. The molecule has 10 rings (SSSR count). The molecule has 0 unspecified atom stereocenters. The van der Waals surface area contributed by atoms with Gasteiger partial charge in [-0.15, -0.1) is 18.2 Å². The first kappa shape index (κ1) is 32.0. The Morgan fingerprint density at radius 3 is 2.07 bits per heavy atom. The van der Waals surface area contributed by atoms with Crippen LogP contribution in [-0.4, -0.2) is 23.2 Å². The van der Waals surface area contributed by atoms with Crippen molar-refractivity contribution in [2.75, 3.05) is 0 Å². The summed E-state index contributed by atoms with van der Waals surface area (Å²) in [6, 6.07) is 50.6. The summed E-state index contributed by atoms with van der Waals surface area (Å²) >= 11 is -2.01. The molecule has 0 saturated carbocycles. The van der Waals surface area contributed by atoms with Gasteiger partial charge in [-0.2, -0.15) is 0 Å². The summed E-state index contributed by atoms with van der Waals surface area (Å²) in [5.41, 5.74) is 8.46. The van der Waals surface area contributed by atoms with E-state index in [0.717, 1.165) is 49.5 Å². The summed E-state index contributed by atoms with van der Waals surface area (Å²) in [5, 5.41) is 4.13. The van der Waals surface area contributed by atoms with Crippen LogP contribution in [0.4, 0.5) is 0 Å². The molecule has 3 nitrogen and oxygen atoms in total. The zero-order valence-corrected chi connectivity index (χ0v) is 35.9. The van der Waals surface area contributed by atoms with E-state index in [-0.39, 0.29) is 32.9 Å². The molecule has 6 aromatic carbocycles. The van der Waals surface area contributed by atoms with Gasteiger partial charge in [-0.1, -0.05) is 83.7 Å². The predicted molar refractivity (Wildman–Crippen MR) is 232 cm³/mol. The van der Waals surface area contributed by atoms with Crippen LogP contribution in [0.5, 0.6) is 0 Å². The maximum atomic E-state index is 8.77. The van der Waals surface area contributed by atoms with Gasteiger partial charge in [0.2, 0.25) is 0 Å². The third kappa shape index (κ3) is 7.54. The van der Waals surface area contributed by atoms with Gasteiger partial charge in [0.15, 0.2) is 0 Å². The minimum atomic E-state index is -2.01. The molecule has 0 aliphatic heterocycles. The fourth-order valence-corrected chi connectivity index (χ4v) is 9.36. The predicted octanol–water partition coefficient (Wildman–Crippen LogP) is 12.9. The summed E-state index contributed by atoms with van der Waals surface area (Å²) in [5.74, 6) is 6.94. The molecule has 3 heterocycles. The Kier molecular flexibility index (Phi) is 9.23. The second-order valence-electron chi connectivity index (χ2n) is 14.8. The Morgan fingerprint density at radius 1 is 0.643 bits per heavy atom. The van der Waals surface area contributed by atoms with Crippen molar-refractivity contribution in [1.29, 1.82) is 0 Å². The zero-order valence-electron chi connectivity index (χ0n) is 36.4. The number of aromatic nitrogens is 2. The fourth-order valence-electron chi connectivity index (χ4n) is 7.18. The number of hydrogen-bond acceptors (Lipinski definition) is 3. The van der Waals surface area contributed by atoms with Gasteiger partial charge in [-0.25, -0.2) is 0 Å². The quantitative estimate of drug-likeness (QED) is 0.127. The fraction of sp³-hybridized carbons (Fsp3) is 0.137. The van der Waals surface area contributed by atoms with Crippen LogP contribution in [0, 0.1) is 12.1 Å². The third-order valence-corrected chi connectivity index (χ3v) is 14.4. The Hall–Kier alpha value is -5.13. The van der Waals surface area contributed by atoms with Crippen molar-refractivity contribution in [1.82, 2.24) is 9.97 Å². The molecule has 5 heteroatoms. The first-order valence-electron chi connectivity index (χ1n) is 21.2. The van der Waals surface area contributed by atoms with E-state index in [0.29, 0.717) is 45.2 Å². The van der Waals surface area contributed by atoms with Gasteiger partial charge in [0.05, 0.1) is 6.95 Å². The average Bonchev–Trinajstić information content (AvgIpc) is 3.65. The first-order valence-corrected chi connectivity index (χ1v) is 26.0. The molecule has 9 aromatic rings. The van der Waals surface area contributed by atoms with Gasteiger partial charge in [-0.05, 0) is 33.6 Å². The van der Waals surface area contributed by atoms with Crippen molar-refractivity contribution in [2.24, 2.45) is 0 Å². The molecule has 0 spiro atoms. The van der Waals surface area contributed by atoms with Crippen molar-refractivity contribution in [3.8, 4) is 44.8 Å². The van der Waals surface area contributed by atoms with Crippen molar-refractivity contribution < 1.29 is 31.4 Å². The van der Waals surface area contributed by atoms with E-state index in [1.807, 2.05) is 116 Å². The molecule has 277 valence electrons. The van der Waals surface area contributed by atoms with E-state index in [9.17, 15) is 0 Å². The van der Waals surface area contributed by atoms with Gasteiger partial charge >= 0.3 is 165 Å². The van der Waals surface area contributed by atoms with Crippen LogP contribution in [0.2, 0.25) is 17.3 Å². The standard InChI is InChI=1S/C27H16NO.C24H26GeN.Ir/c1-2-7-18(8-3-1)20-13-14-22-23-11-6-12-24(27(23)29-26(22)16-20)25-15-19-9-4-5-10-21(19)17-28-25;1-25(2,3)19-13-16-24(26-17-19)23-15-14-20(18-9-5-4-6-10-18)21-11-7-8-12-22(21)23;/h1-11,13-17H;4-6,9-10,13-14,16-17H,7-8,11-12H2,1-3H3;/q2*-1;/i16D;11D2,12D2;. The number of benzene rings is 6. The minimum absolute atomic E-state index is 0. The van der Waals surface area contributed by atoms with Crippen LogP contribution < -0.4 is 4.40 Å². The number of furan rings is 1. The Labute approximate surface area is 352 Å². The monoisotopic (exact) mass is 970 g/mol. The number of pyridine rings is 2. The summed E-state index contributed by atoms with van der Waals surface area (Å²) < 4.78 is 51.3. The molecule has 0 bridgehead atoms. The smallest absolute Gasteiger partial charge is 0.121 e. The second kappa shape index (κ2) is 16.2. The average molecular weight is 969 g/mol. The molecule has 1 aliphatic rings. The van der Waals surface area contributed by atoms with Gasteiger partial charge < -0.3 is 9.40 Å². The maximum Gasteiger partial charge on any atom is 0.121 e. The Bertz CT molecular complexity index is 3040. The van der Waals surface area contributed by atoms with E-state index in [2.05, 4.69) is 63.6 Å². The summed E-state index contributed by atoms with van der Waals surface area (Å²) in [6.07, 6.45) is 0.829. The van der Waals surface area contributed by atoms with E-state index in [1.165, 1.54) is 4.40 Å². The minimum Gasteiger partial charge on any atom is -0.501 e.